The van der Waals surface area contributed by atoms with Crippen LogP contribution in [0.4, 0.5) is 0 Å². The molecule has 5 rings (SSSR count). The van der Waals surface area contributed by atoms with Gasteiger partial charge in [0.15, 0.2) is 0 Å². The van der Waals surface area contributed by atoms with E-state index in [1.807, 2.05) is 30.3 Å². The van der Waals surface area contributed by atoms with Crippen LogP contribution in [0.15, 0.2) is 36.5 Å². The maximum atomic E-state index is 12.3. The zero-order chi connectivity index (χ0) is 19.1. The largest absolute Gasteiger partial charge is 0.465 e. The molecule has 0 amide bonds. The highest BCUT2D eigenvalue weighted by molar-refractivity contribution is 6.00. The Bertz CT molecular complexity index is 1020. The molecule has 6 nitrogen and oxygen atoms in total. The van der Waals surface area contributed by atoms with Gasteiger partial charge in [-0.25, -0.2) is 9.78 Å². The summed E-state index contributed by atoms with van der Waals surface area (Å²) < 4.78 is 12.9. The van der Waals surface area contributed by atoms with Gasteiger partial charge in [-0.3, -0.25) is 4.98 Å². The van der Waals surface area contributed by atoms with Crippen molar-refractivity contribution in [1.82, 2.24) is 14.5 Å². The maximum Gasteiger partial charge on any atom is 0.337 e. The van der Waals surface area contributed by atoms with Gasteiger partial charge >= 0.3 is 5.97 Å². The van der Waals surface area contributed by atoms with Gasteiger partial charge < -0.3 is 14.0 Å². The van der Waals surface area contributed by atoms with Crippen molar-refractivity contribution in [3.8, 4) is 11.3 Å². The van der Waals surface area contributed by atoms with Crippen LogP contribution < -0.4 is 0 Å². The molecule has 0 radical (unpaired) electrons. The minimum absolute atomic E-state index is 0.218. The summed E-state index contributed by atoms with van der Waals surface area (Å²) in [6, 6.07) is 9.52. The number of aromatic nitrogens is 3. The normalized spacial score (nSPS) is 18.8. The van der Waals surface area contributed by atoms with Crippen LogP contribution in [-0.2, 0) is 22.4 Å². The molecule has 0 bridgehead atoms. The van der Waals surface area contributed by atoms with Gasteiger partial charge in [0, 0.05) is 24.8 Å². The third-order valence-corrected chi connectivity index (χ3v) is 5.64. The van der Waals surface area contributed by atoms with Crippen molar-refractivity contribution in [2.24, 2.45) is 5.92 Å². The van der Waals surface area contributed by atoms with Crippen LogP contribution in [0.25, 0.3) is 22.3 Å². The molecule has 2 fully saturated rings. The summed E-state index contributed by atoms with van der Waals surface area (Å²) in [5.74, 6) is 1.44. The third kappa shape index (κ3) is 3.18. The lowest BCUT2D eigenvalue weighted by molar-refractivity contribution is -0.0590. The lowest BCUT2D eigenvalue weighted by Gasteiger charge is -2.27. The zero-order valence-corrected chi connectivity index (χ0v) is 15.9. The lowest BCUT2D eigenvalue weighted by atomic mass is 10.0. The Morgan fingerprint density at radius 3 is 2.79 bits per heavy atom. The average molecular weight is 377 g/mol. The van der Waals surface area contributed by atoms with E-state index >= 15 is 0 Å². The van der Waals surface area contributed by atoms with Crippen molar-refractivity contribution < 1.29 is 14.3 Å². The van der Waals surface area contributed by atoms with Crippen molar-refractivity contribution >= 4 is 17.0 Å². The van der Waals surface area contributed by atoms with Gasteiger partial charge in [-0.2, -0.15) is 0 Å². The molecule has 6 heteroatoms. The van der Waals surface area contributed by atoms with E-state index in [2.05, 4.69) is 9.55 Å². The number of methoxy groups -OCH3 is 1. The second-order valence-corrected chi connectivity index (χ2v) is 7.67. The number of carbonyl (C=O) groups is 1. The molecule has 0 N–H and O–H groups in total. The van der Waals surface area contributed by atoms with Crippen molar-refractivity contribution in [3.05, 3.63) is 47.9 Å². The number of pyridine rings is 1. The minimum Gasteiger partial charge on any atom is -0.465 e. The molecule has 2 aromatic heterocycles. The number of fused-ring (bicyclic) bond motifs is 1. The standard InChI is InChI=1S/C22H23N3O3/c1-27-22(26)15-11-17(18-4-2-3-8-23-18)21-19(12-15)25(13-16-7-9-28-16)20(24-21)10-14-5-6-14/h2-4,8,11-12,14,16H,5-7,9-10,13H2,1H3/t16-/m0/s1. The predicted octanol–water partition coefficient (Wildman–Crippen LogP) is 3.63. The highest BCUT2D eigenvalue weighted by atomic mass is 16.5. The van der Waals surface area contributed by atoms with E-state index in [1.54, 1.807) is 6.20 Å². The van der Waals surface area contributed by atoms with Gasteiger partial charge in [-0.05, 0) is 49.4 Å². The molecule has 1 atom stereocenters. The minimum atomic E-state index is -0.351. The van der Waals surface area contributed by atoms with Crippen LogP contribution in [-0.4, -0.2) is 40.3 Å². The van der Waals surface area contributed by atoms with Crippen molar-refractivity contribution in [1.29, 1.82) is 0 Å². The summed E-state index contributed by atoms with van der Waals surface area (Å²) >= 11 is 0. The Kier molecular flexibility index (Phi) is 4.36. The number of hydrogen-bond acceptors (Lipinski definition) is 5. The first-order valence-electron chi connectivity index (χ1n) is 9.87. The number of nitrogens with zero attached hydrogens (tertiary/aromatic N) is 3. The topological polar surface area (TPSA) is 66.2 Å². The van der Waals surface area contributed by atoms with Gasteiger partial charge in [-0.15, -0.1) is 0 Å². The summed E-state index contributed by atoms with van der Waals surface area (Å²) in [5, 5.41) is 0. The predicted molar refractivity (Wildman–Crippen MR) is 105 cm³/mol. The van der Waals surface area contributed by atoms with E-state index in [1.165, 1.54) is 20.0 Å². The van der Waals surface area contributed by atoms with Crippen molar-refractivity contribution in [2.45, 2.75) is 38.3 Å². The van der Waals surface area contributed by atoms with Crippen LogP contribution in [0.2, 0.25) is 0 Å². The van der Waals surface area contributed by atoms with E-state index in [9.17, 15) is 4.79 Å². The number of imidazole rings is 1. The van der Waals surface area contributed by atoms with E-state index < -0.39 is 0 Å². The van der Waals surface area contributed by atoms with Gasteiger partial charge in [-0.1, -0.05) is 6.07 Å². The number of carbonyl (C=O) groups excluding carboxylic acids is 1. The van der Waals surface area contributed by atoms with Gasteiger partial charge in [0.25, 0.3) is 0 Å². The maximum absolute atomic E-state index is 12.3. The summed E-state index contributed by atoms with van der Waals surface area (Å²) in [4.78, 5) is 21.9. The van der Waals surface area contributed by atoms with Crippen LogP contribution in [0, 0.1) is 5.92 Å². The molecule has 0 spiro atoms. The molecule has 2 aliphatic rings. The van der Waals surface area contributed by atoms with E-state index in [0.29, 0.717) is 5.56 Å². The van der Waals surface area contributed by atoms with Crippen LogP contribution in [0.3, 0.4) is 0 Å². The quantitative estimate of drug-likeness (QED) is 0.614. The fourth-order valence-electron chi connectivity index (χ4n) is 3.80. The molecule has 1 aliphatic heterocycles. The number of esters is 1. The molecule has 1 aliphatic carbocycles. The van der Waals surface area contributed by atoms with Crippen LogP contribution >= 0.6 is 0 Å². The second-order valence-electron chi connectivity index (χ2n) is 7.67. The number of hydrogen-bond donors (Lipinski definition) is 0. The zero-order valence-electron chi connectivity index (χ0n) is 15.9. The molecule has 28 heavy (non-hydrogen) atoms. The molecule has 1 saturated carbocycles. The smallest absolute Gasteiger partial charge is 0.337 e. The first-order valence-corrected chi connectivity index (χ1v) is 9.87. The first kappa shape index (κ1) is 17.4. The van der Waals surface area contributed by atoms with Crippen LogP contribution in [0.5, 0.6) is 0 Å². The number of benzene rings is 1. The number of ether oxygens (including phenoxy) is 2. The number of rotatable bonds is 6. The Morgan fingerprint density at radius 1 is 1.29 bits per heavy atom. The molecule has 144 valence electrons. The Hall–Kier alpha value is -2.73. The lowest BCUT2D eigenvalue weighted by Crippen LogP contribution is -2.31. The first-order chi connectivity index (χ1) is 13.7. The Morgan fingerprint density at radius 2 is 2.14 bits per heavy atom. The van der Waals surface area contributed by atoms with Crippen LogP contribution in [0.1, 0.15) is 35.4 Å². The van der Waals surface area contributed by atoms with Crippen molar-refractivity contribution in [3.63, 3.8) is 0 Å². The summed E-state index contributed by atoms with van der Waals surface area (Å²) in [6.07, 6.45) is 6.54. The average Bonchev–Trinajstić information content (AvgIpc) is 3.44. The summed E-state index contributed by atoms with van der Waals surface area (Å²) in [6.45, 7) is 1.59. The second kappa shape index (κ2) is 7.02. The van der Waals surface area contributed by atoms with Gasteiger partial charge in [0.05, 0.1) is 42.0 Å². The SMILES string of the molecule is COC(=O)c1cc(-c2ccccn2)c2nc(CC3CC3)n(C[C@@H]3CCO3)c2c1. The monoisotopic (exact) mass is 377 g/mol. The third-order valence-electron chi connectivity index (χ3n) is 5.64. The highest BCUT2D eigenvalue weighted by Crippen LogP contribution is 2.36. The molecule has 3 heterocycles. The molecule has 1 saturated heterocycles. The summed E-state index contributed by atoms with van der Waals surface area (Å²) in [7, 11) is 1.41. The molecule has 1 aromatic carbocycles. The molecular formula is C22H23N3O3. The fourth-order valence-corrected chi connectivity index (χ4v) is 3.80. The van der Waals surface area contributed by atoms with E-state index in [-0.39, 0.29) is 12.1 Å². The molecule has 3 aromatic rings. The summed E-state index contributed by atoms with van der Waals surface area (Å²) in [5.41, 5.74) is 4.03. The van der Waals surface area contributed by atoms with Crippen molar-refractivity contribution in [2.75, 3.05) is 13.7 Å². The van der Waals surface area contributed by atoms with Gasteiger partial charge in [0.2, 0.25) is 0 Å². The fraction of sp³-hybridized carbons (Fsp3) is 0.409. The van der Waals surface area contributed by atoms with Gasteiger partial charge in [0.1, 0.15) is 5.82 Å². The van der Waals surface area contributed by atoms with E-state index in [0.717, 1.165) is 60.0 Å². The highest BCUT2D eigenvalue weighted by Gasteiger charge is 2.28. The molecular weight excluding hydrogens is 354 g/mol. The molecule has 0 unspecified atom stereocenters. The Balaban J connectivity index is 1.71. The Labute approximate surface area is 163 Å². The van der Waals surface area contributed by atoms with E-state index in [4.69, 9.17) is 14.5 Å².